The summed E-state index contributed by atoms with van der Waals surface area (Å²) in [6.07, 6.45) is 5.92. The first-order valence-corrected chi connectivity index (χ1v) is 16.5. The highest BCUT2D eigenvalue weighted by Gasteiger charge is 2.38. The molecule has 2 saturated heterocycles. The van der Waals surface area contributed by atoms with Crippen LogP contribution in [0.5, 0.6) is 0 Å². The van der Waals surface area contributed by atoms with E-state index in [-0.39, 0.29) is 28.6 Å². The molecule has 15 nitrogen and oxygen atoms in total. The third kappa shape index (κ3) is 7.95. The number of benzene rings is 1. The van der Waals surface area contributed by atoms with Crippen LogP contribution in [0.3, 0.4) is 0 Å². The zero-order valence-corrected chi connectivity index (χ0v) is 29.6. The Labute approximate surface area is 295 Å². The van der Waals surface area contributed by atoms with Crippen LogP contribution in [0, 0.1) is 12.8 Å². The van der Waals surface area contributed by atoms with E-state index in [9.17, 15) is 14.4 Å². The number of hydrogen-bond acceptors (Lipinski definition) is 9. The van der Waals surface area contributed by atoms with Crippen molar-refractivity contribution in [2.75, 3.05) is 71.5 Å². The number of methoxy groups -OCH3 is 1. The number of nitrogen functional groups attached to an aromatic ring is 1. The number of nitrogens with one attached hydrogen (secondary N) is 1. The van der Waals surface area contributed by atoms with E-state index in [1.165, 1.54) is 7.11 Å². The number of hydrogen-bond donors (Lipinski definition) is 2. The van der Waals surface area contributed by atoms with E-state index in [0.717, 1.165) is 35.3 Å². The topological polar surface area (TPSA) is 171 Å². The van der Waals surface area contributed by atoms with Gasteiger partial charge in [-0.3, -0.25) is 19.2 Å². The number of piperazine rings is 1. The number of rotatable bonds is 7. The number of aromatic nitrogens is 5. The summed E-state index contributed by atoms with van der Waals surface area (Å²) >= 11 is 6.55. The molecule has 6 rings (SSSR count). The molecule has 0 saturated carbocycles. The fourth-order valence-corrected chi connectivity index (χ4v) is 6.49. The lowest BCUT2D eigenvalue weighted by molar-refractivity contribution is -0.878. The molecule has 0 aliphatic carbocycles. The van der Waals surface area contributed by atoms with Crippen LogP contribution in [-0.2, 0) is 21.4 Å². The molecule has 1 atom stereocenters. The van der Waals surface area contributed by atoms with Gasteiger partial charge in [-0.2, -0.15) is 5.10 Å². The van der Waals surface area contributed by atoms with E-state index < -0.39 is 5.91 Å². The van der Waals surface area contributed by atoms with Crippen molar-refractivity contribution in [3.8, 4) is 17.1 Å². The van der Waals surface area contributed by atoms with Crippen LogP contribution in [0.2, 0.25) is 5.02 Å². The number of ether oxygens (including phenoxy) is 1. The summed E-state index contributed by atoms with van der Waals surface area (Å²) < 4.78 is 8.07. The van der Waals surface area contributed by atoms with E-state index in [1.807, 2.05) is 18.0 Å². The van der Waals surface area contributed by atoms with Crippen LogP contribution < -0.4 is 11.1 Å². The minimum Gasteiger partial charge on any atom is -0.471 e. The predicted molar refractivity (Wildman–Crippen MR) is 188 cm³/mol. The molecular weight excluding hydrogens is 664 g/mol. The van der Waals surface area contributed by atoms with Gasteiger partial charge in [0.05, 0.1) is 80.3 Å². The van der Waals surface area contributed by atoms with Gasteiger partial charge in [0.25, 0.3) is 18.3 Å². The maximum Gasteiger partial charge on any atom is 0.292 e. The molecule has 0 radical (unpaired) electrons. The summed E-state index contributed by atoms with van der Waals surface area (Å²) in [4.78, 5) is 60.8. The molecule has 1 unspecified atom stereocenters. The van der Waals surface area contributed by atoms with E-state index >= 15 is 0 Å². The Morgan fingerprint density at radius 3 is 2.36 bits per heavy atom. The molecule has 2 fully saturated rings. The van der Waals surface area contributed by atoms with E-state index in [2.05, 4.69) is 39.2 Å². The Balaban J connectivity index is 0.00000115. The molecule has 2 aliphatic heterocycles. The highest BCUT2D eigenvalue weighted by atomic mass is 35.5. The lowest BCUT2D eigenvalue weighted by atomic mass is 10.1. The van der Waals surface area contributed by atoms with Crippen molar-refractivity contribution < 1.29 is 28.4 Å². The number of anilines is 2. The molecule has 0 bridgehead atoms. The van der Waals surface area contributed by atoms with E-state index in [4.69, 9.17) is 22.1 Å². The summed E-state index contributed by atoms with van der Waals surface area (Å²) in [7, 11) is 7.37. The van der Waals surface area contributed by atoms with Crippen LogP contribution in [0.25, 0.3) is 17.1 Å². The second-order valence-corrected chi connectivity index (χ2v) is 13.4. The number of halogens is 1. The summed E-state index contributed by atoms with van der Waals surface area (Å²) in [5.41, 5.74) is 9.33. The molecule has 16 heteroatoms. The first-order valence-electron chi connectivity index (χ1n) is 16.1. The monoisotopic (exact) mass is 705 g/mol. The van der Waals surface area contributed by atoms with Crippen LogP contribution >= 0.6 is 11.6 Å². The second-order valence-electron chi connectivity index (χ2n) is 13.0. The van der Waals surface area contributed by atoms with Crippen LogP contribution in [0.4, 0.5) is 11.4 Å². The normalized spacial score (nSPS) is 16.7. The van der Waals surface area contributed by atoms with Crippen molar-refractivity contribution >= 4 is 47.2 Å². The summed E-state index contributed by atoms with van der Waals surface area (Å²) in [5.74, 6) is 0.411. The molecule has 2 aliphatic rings. The van der Waals surface area contributed by atoms with Gasteiger partial charge in [0, 0.05) is 57.1 Å². The molecule has 264 valence electrons. The standard InChI is InChI=1S/C32H37ClN10O3.C2H4O2/c1-20-25(18-42(38-20)28-8-5-22(34)16-35-28)27-17-36-29(39(27)2)30(44)37-23-6-7-24(26(33)15-23)32(46)41-12-10-40(11-13-41)31(45)21-9-14-43(3,4)19-21;1-4-2-3/h5-8,15-18,21H,9-14,19,34H2,1-4H3;2H,1H3/p+1. The number of amides is 3. The lowest BCUT2D eigenvalue weighted by Crippen LogP contribution is -2.52. The number of imidazole rings is 1. The minimum atomic E-state index is -0.431. The van der Waals surface area contributed by atoms with Gasteiger partial charge in [0.15, 0.2) is 11.6 Å². The molecule has 1 aromatic carbocycles. The summed E-state index contributed by atoms with van der Waals surface area (Å²) in [6.45, 7) is 6.00. The van der Waals surface area contributed by atoms with E-state index in [1.54, 1.807) is 63.9 Å². The maximum absolute atomic E-state index is 13.3. The lowest BCUT2D eigenvalue weighted by Gasteiger charge is -2.36. The first-order chi connectivity index (χ1) is 23.8. The quantitative estimate of drug-likeness (QED) is 0.217. The highest BCUT2D eigenvalue weighted by molar-refractivity contribution is 6.34. The molecule has 4 aromatic rings. The van der Waals surface area contributed by atoms with Gasteiger partial charge < -0.3 is 34.6 Å². The van der Waals surface area contributed by atoms with E-state index in [0.29, 0.717) is 61.1 Å². The number of nitrogens with zero attached hydrogens (tertiary/aromatic N) is 8. The van der Waals surface area contributed by atoms with Crippen molar-refractivity contribution in [1.29, 1.82) is 0 Å². The Kier molecular flexibility index (Phi) is 10.9. The average Bonchev–Trinajstić information content (AvgIpc) is 3.79. The molecule has 3 aromatic heterocycles. The largest absolute Gasteiger partial charge is 0.471 e. The SMILES string of the molecule is COC=O.Cc1nn(-c2ccc(N)cn2)cc1-c1cnc(C(=O)Nc2ccc(C(=O)N3CCN(C(=O)C4CC[N+](C)(C)C4)CC3)c(Cl)c2)n1C. The van der Waals surface area contributed by atoms with Crippen molar-refractivity contribution in [2.45, 2.75) is 13.3 Å². The zero-order chi connectivity index (χ0) is 36.2. The number of pyridine rings is 1. The molecule has 3 amide bonds. The van der Waals surface area contributed by atoms with Gasteiger partial charge >= 0.3 is 0 Å². The minimum absolute atomic E-state index is 0.0489. The van der Waals surface area contributed by atoms with Gasteiger partial charge in [-0.15, -0.1) is 0 Å². The van der Waals surface area contributed by atoms with Crippen molar-refractivity contribution in [3.05, 3.63) is 71.0 Å². The fourth-order valence-electron chi connectivity index (χ4n) is 6.23. The van der Waals surface area contributed by atoms with Crippen molar-refractivity contribution in [3.63, 3.8) is 0 Å². The van der Waals surface area contributed by atoms with Gasteiger partial charge in [0.2, 0.25) is 5.91 Å². The Bertz CT molecular complexity index is 1880. The van der Waals surface area contributed by atoms with Crippen LogP contribution in [-0.4, -0.2) is 123 Å². The second kappa shape index (κ2) is 15.1. The highest BCUT2D eigenvalue weighted by Crippen LogP contribution is 2.27. The van der Waals surface area contributed by atoms with Gasteiger partial charge in [0.1, 0.15) is 0 Å². The number of likely N-dealkylation sites (tertiary alicyclic amines) is 1. The van der Waals surface area contributed by atoms with Gasteiger partial charge in [-0.25, -0.2) is 14.6 Å². The maximum atomic E-state index is 13.3. The van der Waals surface area contributed by atoms with Crippen LogP contribution in [0.1, 0.15) is 33.1 Å². The first kappa shape index (κ1) is 36.0. The number of quaternary nitrogens is 1. The molecule has 5 heterocycles. The van der Waals surface area contributed by atoms with Crippen molar-refractivity contribution in [2.24, 2.45) is 13.0 Å². The molecule has 50 heavy (non-hydrogen) atoms. The number of aryl methyl sites for hydroxylation is 1. The van der Waals surface area contributed by atoms with Gasteiger partial charge in [-0.1, -0.05) is 11.6 Å². The Hall–Kier alpha value is -5.28. The number of nitrogens with two attached hydrogens (primary N) is 1. The number of carbonyl (C=O) groups is 4. The molecule has 0 spiro atoms. The summed E-state index contributed by atoms with van der Waals surface area (Å²) in [6, 6.07) is 8.35. The smallest absolute Gasteiger partial charge is 0.292 e. The average molecular weight is 706 g/mol. The zero-order valence-electron chi connectivity index (χ0n) is 28.8. The Morgan fingerprint density at radius 2 is 1.76 bits per heavy atom. The van der Waals surface area contributed by atoms with Gasteiger partial charge in [-0.05, 0) is 37.3 Å². The molecular formula is C34H42ClN10O5+. The van der Waals surface area contributed by atoms with Crippen molar-refractivity contribution in [1.82, 2.24) is 34.1 Å². The fraction of sp³-hybridized carbons (Fsp3) is 0.382. The number of carbonyl (C=O) groups excluding carboxylic acids is 4. The predicted octanol–water partition coefficient (Wildman–Crippen LogP) is 2.63. The summed E-state index contributed by atoms with van der Waals surface area (Å²) in [5, 5.41) is 7.62. The third-order valence-electron chi connectivity index (χ3n) is 8.95. The Morgan fingerprint density at radius 1 is 1.06 bits per heavy atom. The van der Waals surface area contributed by atoms with Crippen LogP contribution in [0.15, 0.2) is 48.9 Å². The third-order valence-corrected chi connectivity index (χ3v) is 9.26. The molecule has 3 N–H and O–H groups in total.